The van der Waals surface area contributed by atoms with Gasteiger partial charge in [-0.05, 0) is 43.7 Å². The van der Waals surface area contributed by atoms with Crippen molar-refractivity contribution in [2.75, 3.05) is 19.0 Å². The number of nitrogens with one attached hydrogen (secondary N) is 3. The number of guanidine groups is 1. The number of anilines is 1. The third kappa shape index (κ3) is 7.77. The number of amides is 1. The number of aliphatic imine (C=N–C) groups is 1. The summed E-state index contributed by atoms with van der Waals surface area (Å²) in [5, 5.41) is 9.28. The second kappa shape index (κ2) is 12.8. The number of methoxy groups -OCH3 is 1. The van der Waals surface area contributed by atoms with Crippen LogP contribution in [-0.2, 0) is 17.9 Å². The molecule has 0 aliphatic heterocycles. The smallest absolute Gasteiger partial charge is 0.226 e. The molecule has 0 radical (unpaired) electrons. The molecule has 0 bridgehead atoms. The number of halogens is 1. The molecule has 0 fully saturated rings. The van der Waals surface area contributed by atoms with E-state index in [4.69, 9.17) is 9.15 Å². The van der Waals surface area contributed by atoms with Crippen LogP contribution in [0, 0.1) is 6.92 Å². The third-order valence-electron chi connectivity index (χ3n) is 4.63. The summed E-state index contributed by atoms with van der Waals surface area (Å²) in [5.41, 5.74) is 4.47. The number of benzene rings is 2. The number of carbonyl (C=O) groups excluding carboxylic acids is 1. The van der Waals surface area contributed by atoms with Gasteiger partial charge in [0.1, 0.15) is 12.0 Å². The van der Waals surface area contributed by atoms with Gasteiger partial charge in [0.05, 0.1) is 31.6 Å². The molecule has 1 aromatic heterocycles. The monoisotopic (exact) mass is 563 g/mol. The van der Waals surface area contributed by atoms with Gasteiger partial charge in [0, 0.05) is 19.0 Å². The summed E-state index contributed by atoms with van der Waals surface area (Å²) < 4.78 is 10.9. The lowest BCUT2D eigenvalue weighted by Crippen LogP contribution is -2.36. The summed E-state index contributed by atoms with van der Waals surface area (Å²) in [6, 6.07) is 13.6. The van der Waals surface area contributed by atoms with E-state index in [2.05, 4.69) is 25.9 Å². The van der Waals surface area contributed by atoms with E-state index in [1.54, 1.807) is 13.4 Å². The maximum atomic E-state index is 11.4. The summed E-state index contributed by atoms with van der Waals surface area (Å²) in [5.74, 6) is 1.70. The molecule has 176 valence electrons. The van der Waals surface area contributed by atoms with Gasteiger partial charge in [-0.15, -0.1) is 24.0 Å². The summed E-state index contributed by atoms with van der Waals surface area (Å²) in [6.07, 6.45) is 1.65. The summed E-state index contributed by atoms with van der Waals surface area (Å²) in [6.45, 7) is 7.14. The first-order valence-corrected chi connectivity index (χ1v) is 10.5. The summed E-state index contributed by atoms with van der Waals surface area (Å²) >= 11 is 0. The predicted octanol–water partition coefficient (Wildman–Crippen LogP) is 4.49. The van der Waals surface area contributed by atoms with Crippen LogP contribution in [-0.4, -0.2) is 30.5 Å². The molecule has 1 heterocycles. The highest BCUT2D eigenvalue weighted by molar-refractivity contribution is 14.0. The van der Waals surface area contributed by atoms with Crippen LogP contribution in [0.25, 0.3) is 11.5 Å². The summed E-state index contributed by atoms with van der Waals surface area (Å²) in [4.78, 5) is 20.6. The highest BCUT2D eigenvalue weighted by Crippen LogP contribution is 2.25. The van der Waals surface area contributed by atoms with Crippen LogP contribution in [0.15, 0.2) is 58.1 Å². The molecule has 9 heteroatoms. The number of aromatic nitrogens is 1. The highest BCUT2D eigenvalue weighted by atomic mass is 127. The SMILES string of the molecule is CCNC(=NCc1ccc(OC)c(NC(C)=O)c1)NCc1coc(-c2ccc(C)cc2)n1.I. The molecule has 0 aliphatic carbocycles. The maximum absolute atomic E-state index is 11.4. The molecule has 0 atom stereocenters. The average molecular weight is 563 g/mol. The Morgan fingerprint density at radius 1 is 1.15 bits per heavy atom. The van der Waals surface area contributed by atoms with Gasteiger partial charge in [-0.2, -0.15) is 0 Å². The van der Waals surface area contributed by atoms with Crippen LogP contribution >= 0.6 is 24.0 Å². The van der Waals surface area contributed by atoms with Crippen molar-refractivity contribution in [2.45, 2.75) is 33.9 Å². The van der Waals surface area contributed by atoms with Crippen molar-refractivity contribution in [3.05, 3.63) is 65.5 Å². The second-order valence-electron chi connectivity index (χ2n) is 7.27. The zero-order valence-electron chi connectivity index (χ0n) is 19.3. The van der Waals surface area contributed by atoms with Gasteiger partial charge >= 0.3 is 0 Å². The number of carbonyl (C=O) groups is 1. The topological polar surface area (TPSA) is 101 Å². The normalized spacial score (nSPS) is 10.8. The average Bonchev–Trinajstić information content (AvgIpc) is 3.25. The largest absolute Gasteiger partial charge is 0.495 e. The van der Waals surface area contributed by atoms with Crippen LogP contribution in [0.2, 0.25) is 0 Å². The van der Waals surface area contributed by atoms with Gasteiger partial charge in [-0.25, -0.2) is 9.98 Å². The Kier molecular flexibility index (Phi) is 10.2. The quantitative estimate of drug-likeness (QED) is 0.212. The lowest BCUT2D eigenvalue weighted by Gasteiger charge is -2.12. The molecule has 8 nitrogen and oxygen atoms in total. The number of ether oxygens (including phenoxy) is 1. The molecule has 1 amide bonds. The number of oxazole rings is 1. The Hall–Kier alpha value is -3.08. The van der Waals surface area contributed by atoms with Gasteiger partial charge in [-0.1, -0.05) is 23.8 Å². The zero-order chi connectivity index (χ0) is 22.9. The molecule has 0 unspecified atom stereocenters. The second-order valence-corrected chi connectivity index (χ2v) is 7.27. The van der Waals surface area contributed by atoms with Crippen LogP contribution in [0.3, 0.4) is 0 Å². The first-order valence-electron chi connectivity index (χ1n) is 10.5. The Labute approximate surface area is 211 Å². The summed E-state index contributed by atoms with van der Waals surface area (Å²) in [7, 11) is 1.57. The van der Waals surface area contributed by atoms with Crippen molar-refractivity contribution in [3.63, 3.8) is 0 Å². The minimum atomic E-state index is -0.156. The van der Waals surface area contributed by atoms with Crippen LogP contribution < -0.4 is 20.7 Å². The lowest BCUT2D eigenvalue weighted by atomic mass is 10.1. The molecule has 0 saturated heterocycles. The van der Waals surface area contributed by atoms with Crippen molar-refractivity contribution >= 4 is 41.5 Å². The molecule has 0 aliphatic rings. The van der Waals surface area contributed by atoms with E-state index in [-0.39, 0.29) is 29.9 Å². The van der Waals surface area contributed by atoms with Crippen molar-refractivity contribution in [1.29, 1.82) is 0 Å². The van der Waals surface area contributed by atoms with E-state index in [0.29, 0.717) is 36.4 Å². The lowest BCUT2D eigenvalue weighted by molar-refractivity contribution is -0.114. The number of hydrogen-bond acceptors (Lipinski definition) is 5. The van der Waals surface area contributed by atoms with Crippen molar-refractivity contribution in [1.82, 2.24) is 15.6 Å². The minimum Gasteiger partial charge on any atom is -0.495 e. The molecule has 0 spiro atoms. The van der Waals surface area contributed by atoms with Gasteiger partial charge in [-0.3, -0.25) is 4.79 Å². The van der Waals surface area contributed by atoms with Crippen molar-refractivity contribution in [2.24, 2.45) is 4.99 Å². The van der Waals surface area contributed by atoms with Crippen LogP contribution in [0.1, 0.15) is 30.7 Å². The fourth-order valence-corrected chi connectivity index (χ4v) is 3.04. The molecule has 3 rings (SSSR count). The van der Waals surface area contributed by atoms with E-state index in [1.807, 2.05) is 56.3 Å². The first kappa shape index (κ1) is 26.2. The van der Waals surface area contributed by atoms with Crippen LogP contribution in [0.5, 0.6) is 5.75 Å². The number of rotatable bonds is 8. The van der Waals surface area contributed by atoms with Gasteiger partial charge in [0.25, 0.3) is 0 Å². The fraction of sp³-hybridized carbons (Fsp3) is 0.292. The predicted molar refractivity (Wildman–Crippen MR) is 141 cm³/mol. The van der Waals surface area contributed by atoms with E-state index in [0.717, 1.165) is 23.4 Å². The highest BCUT2D eigenvalue weighted by Gasteiger charge is 2.09. The molecule has 33 heavy (non-hydrogen) atoms. The van der Waals surface area contributed by atoms with Crippen molar-refractivity contribution in [3.8, 4) is 17.2 Å². The number of nitrogens with zero attached hydrogens (tertiary/aromatic N) is 2. The molecular weight excluding hydrogens is 533 g/mol. The fourth-order valence-electron chi connectivity index (χ4n) is 3.04. The molecule has 2 aromatic carbocycles. The van der Waals surface area contributed by atoms with E-state index < -0.39 is 0 Å². The molecule has 3 aromatic rings. The standard InChI is InChI=1S/C24H29N5O3.HI/c1-5-25-24(26-13-18-8-11-22(31-4)21(12-18)28-17(3)30)27-14-20-15-32-23(29-20)19-9-6-16(2)7-10-19;/h6-12,15H,5,13-14H2,1-4H3,(H,28,30)(H2,25,26,27);1H. The van der Waals surface area contributed by atoms with E-state index >= 15 is 0 Å². The Morgan fingerprint density at radius 3 is 2.58 bits per heavy atom. The van der Waals surface area contributed by atoms with Crippen molar-refractivity contribution < 1.29 is 13.9 Å². The number of hydrogen-bond donors (Lipinski definition) is 3. The third-order valence-corrected chi connectivity index (χ3v) is 4.63. The Balaban J connectivity index is 0.00000385. The van der Waals surface area contributed by atoms with Gasteiger partial charge < -0.3 is 25.1 Å². The molecular formula is C24H30IN5O3. The van der Waals surface area contributed by atoms with E-state index in [9.17, 15) is 4.79 Å². The van der Waals surface area contributed by atoms with E-state index in [1.165, 1.54) is 12.5 Å². The van der Waals surface area contributed by atoms with Gasteiger partial charge in [0.15, 0.2) is 5.96 Å². The maximum Gasteiger partial charge on any atom is 0.226 e. The first-order chi connectivity index (χ1) is 15.5. The van der Waals surface area contributed by atoms with Crippen LogP contribution in [0.4, 0.5) is 5.69 Å². The Morgan fingerprint density at radius 2 is 1.91 bits per heavy atom. The number of aryl methyl sites for hydroxylation is 1. The molecule has 3 N–H and O–H groups in total. The minimum absolute atomic E-state index is 0. The van der Waals surface area contributed by atoms with Gasteiger partial charge in [0.2, 0.25) is 11.8 Å². The zero-order valence-corrected chi connectivity index (χ0v) is 21.6. The Bertz CT molecular complexity index is 1080. The molecule has 0 saturated carbocycles.